The Morgan fingerprint density at radius 1 is 1.11 bits per heavy atom. The molecule has 0 spiro atoms. The summed E-state index contributed by atoms with van der Waals surface area (Å²) >= 11 is 5.99. The van der Waals surface area contributed by atoms with Crippen LogP contribution in [0, 0.1) is 0 Å². The van der Waals surface area contributed by atoms with E-state index in [0.29, 0.717) is 28.0 Å². The third kappa shape index (κ3) is 5.12. The van der Waals surface area contributed by atoms with Gasteiger partial charge in [-0.1, -0.05) is 35.0 Å². The number of para-hydroxylation sites is 1. The molecule has 27 heavy (non-hydrogen) atoms. The van der Waals surface area contributed by atoms with E-state index < -0.39 is 0 Å². The second-order valence-electron chi connectivity index (χ2n) is 5.51. The molecule has 0 aliphatic rings. The number of halogens is 1. The van der Waals surface area contributed by atoms with Crippen molar-refractivity contribution in [3.05, 3.63) is 83.0 Å². The number of hydrogen-bond donors (Lipinski definition) is 1. The molecule has 3 aromatic rings. The average Bonchev–Trinajstić information content (AvgIpc) is 2.69. The number of hydrogen-bond acceptors (Lipinski definition) is 5. The Balaban J connectivity index is 1.62. The lowest BCUT2D eigenvalue weighted by Gasteiger charge is -2.08. The number of rotatable bonds is 7. The molecule has 2 N–H and O–H groups in total. The van der Waals surface area contributed by atoms with Crippen molar-refractivity contribution in [1.82, 2.24) is 4.98 Å². The van der Waals surface area contributed by atoms with Crippen molar-refractivity contribution in [2.75, 3.05) is 7.11 Å². The van der Waals surface area contributed by atoms with Gasteiger partial charge in [0.25, 0.3) is 0 Å². The highest BCUT2D eigenvalue weighted by molar-refractivity contribution is 6.30. The van der Waals surface area contributed by atoms with E-state index in [9.17, 15) is 0 Å². The molecule has 1 aromatic heterocycles. The van der Waals surface area contributed by atoms with Crippen LogP contribution < -0.4 is 15.2 Å². The summed E-state index contributed by atoms with van der Waals surface area (Å²) in [6.07, 6.45) is 1.57. The van der Waals surface area contributed by atoms with Gasteiger partial charge in [0.05, 0.1) is 7.11 Å². The van der Waals surface area contributed by atoms with E-state index in [1.807, 2.05) is 30.3 Å². The number of pyridine rings is 1. The van der Waals surface area contributed by atoms with Crippen LogP contribution in [-0.4, -0.2) is 17.9 Å². The van der Waals surface area contributed by atoms with E-state index in [1.165, 1.54) is 0 Å². The minimum Gasteiger partial charge on any atom is -0.496 e. The molecule has 1 heterocycles. The fourth-order valence-corrected chi connectivity index (χ4v) is 2.48. The summed E-state index contributed by atoms with van der Waals surface area (Å²) in [6.45, 7) is 0.174. The molecule has 0 fully saturated rings. The lowest BCUT2D eigenvalue weighted by atomic mass is 10.2. The van der Waals surface area contributed by atoms with Crippen LogP contribution in [0.25, 0.3) is 0 Å². The van der Waals surface area contributed by atoms with Gasteiger partial charge >= 0.3 is 0 Å². The number of aromatic nitrogens is 1. The lowest BCUT2D eigenvalue weighted by Crippen LogP contribution is -2.14. The maximum absolute atomic E-state index is 5.99. The van der Waals surface area contributed by atoms with Gasteiger partial charge in [0.15, 0.2) is 5.84 Å². The zero-order valence-electron chi connectivity index (χ0n) is 14.6. The number of oxime groups is 1. The van der Waals surface area contributed by atoms with E-state index >= 15 is 0 Å². The van der Waals surface area contributed by atoms with E-state index in [4.69, 9.17) is 31.6 Å². The summed E-state index contributed by atoms with van der Waals surface area (Å²) in [5, 5.41) is 4.51. The first-order valence-electron chi connectivity index (χ1n) is 8.13. The van der Waals surface area contributed by atoms with Crippen LogP contribution in [0.15, 0.2) is 72.0 Å². The third-order valence-electron chi connectivity index (χ3n) is 3.62. The largest absolute Gasteiger partial charge is 0.496 e. The molecule has 0 unspecified atom stereocenters. The molecule has 7 heteroatoms. The van der Waals surface area contributed by atoms with Crippen LogP contribution in [0.2, 0.25) is 5.02 Å². The van der Waals surface area contributed by atoms with Crippen LogP contribution in [0.5, 0.6) is 17.4 Å². The molecule has 6 nitrogen and oxygen atoms in total. The van der Waals surface area contributed by atoms with Crippen molar-refractivity contribution in [1.29, 1.82) is 0 Å². The van der Waals surface area contributed by atoms with Gasteiger partial charge in [-0.15, -0.1) is 0 Å². The summed E-state index contributed by atoms with van der Waals surface area (Å²) in [5.41, 5.74) is 7.34. The van der Waals surface area contributed by atoms with Crippen molar-refractivity contribution in [2.45, 2.75) is 6.61 Å². The quantitative estimate of drug-likeness (QED) is 0.372. The predicted molar refractivity (Wildman–Crippen MR) is 104 cm³/mol. The molecule has 0 aliphatic heterocycles. The van der Waals surface area contributed by atoms with Gasteiger partial charge in [-0.05, 0) is 36.4 Å². The summed E-state index contributed by atoms with van der Waals surface area (Å²) in [6, 6.07) is 18.1. The topological polar surface area (TPSA) is 79.0 Å². The Kier molecular flexibility index (Phi) is 6.12. The van der Waals surface area contributed by atoms with Gasteiger partial charge in [0.2, 0.25) is 5.88 Å². The standard InChI is InChI=1S/C20H18ClN3O3/c1-25-18-9-8-16(21)11-15(18)13-26-24-20(22)14-7-10-19(23-12-14)27-17-5-3-2-4-6-17/h2-12H,13H2,1H3,(H2,22,24). The van der Waals surface area contributed by atoms with Crippen LogP contribution in [0.4, 0.5) is 0 Å². The number of ether oxygens (including phenoxy) is 2. The average molecular weight is 384 g/mol. The number of nitrogens with zero attached hydrogens (tertiary/aromatic N) is 2. The minimum absolute atomic E-state index is 0.174. The number of methoxy groups -OCH3 is 1. The monoisotopic (exact) mass is 383 g/mol. The number of benzene rings is 2. The number of nitrogens with two attached hydrogens (primary N) is 1. The maximum Gasteiger partial charge on any atom is 0.219 e. The molecule has 2 aromatic carbocycles. The lowest BCUT2D eigenvalue weighted by molar-refractivity contribution is 0.128. The fraction of sp³-hybridized carbons (Fsp3) is 0.100. The smallest absolute Gasteiger partial charge is 0.219 e. The van der Waals surface area contributed by atoms with Crippen molar-refractivity contribution in [3.63, 3.8) is 0 Å². The van der Waals surface area contributed by atoms with Gasteiger partial charge in [0, 0.05) is 28.4 Å². The Morgan fingerprint density at radius 3 is 2.63 bits per heavy atom. The first kappa shape index (κ1) is 18.5. The van der Waals surface area contributed by atoms with E-state index in [-0.39, 0.29) is 12.4 Å². The molecule has 3 rings (SSSR count). The Hall–Kier alpha value is -3.25. The normalized spacial score (nSPS) is 11.1. The molecule has 0 amide bonds. The van der Waals surface area contributed by atoms with Crippen molar-refractivity contribution >= 4 is 17.4 Å². The van der Waals surface area contributed by atoms with E-state index in [0.717, 1.165) is 5.56 Å². The Morgan fingerprint density at radius 2 is 1.93 bits per heavy atom. The van der Waals surface area contributed by atoms with Crippen LogP contribution >= 0.6 is 11.6 Å². The van der Waals surface area contributed by atoms with Crippen molar-refractivity contribution in [3.8, 4) is 17.4 Å². The minimum atomic E-state index is 0.174. The van der Waals surface area contributed by atoms with Crippen molar-refractivity contribution < 1.29 is 14.3 Å². The molecular weight excluding hydrogens is 366 g/mol. The predicted octanol–water partition coefficient (Wildman–Crippen LogP) is 4.37. The van der Waals surface area contributed by atoms with Crippen LogP contribution in [0.3, 0.4) is 0 Å². The molecule has 0 saturated heterocycles. The van der Waals surface area contributed by atoms with Gasteiger partial charge < -0.3 is 20.0 Å². The van der Waals surface area contributed by atoms with Crippen LogP contribution in [0.1, 0.15) is 11.1 Å². The van der Waals surface area contributed by atoms with Gasteiger partial charge in [-0.2, -0.15) is 0 Å². The summed E-state index contributed by atoms with van der Waals surface area (Å²) in [4.78, 5) is 9.55. The van der Waals surface area contributed by atoms with Gasteiger partial charge in [-0.25, -0.2) is 4.98 Å². The maximum atomic E-state index is 5.99. The van der Waals surface area contributed by atoms with Gasteiger partial charge in [-0.3, -0.25) is 0 Å². The van der Waals surface area contributed by atoms with E-state index in [2.05, 4.69) is 10.1 Å². The molecule has 0 aliphatic carbocycles. The highest BCUT2D eigenvalue weighted by atomic mass is 35.5. The van der Waals surface area contributed by atoms with Gasteiger partial charge in [0.1, 0.15) is 18.1 Å². The summed E-state index contributed by atoms with van der Waals surface area (Å²) < 4.78 is 10.9. The summed E-state index contributed by atoms with van der Waals surface area (Å²) in [7, 11) is 1.58. The molecule has 0 bridgehead atoms. The second kappa shape index (κ2) is 8.91. The van der Waals surface area contributed by atoms with E-state index in [1.54, 1.807) is 43.6 Å². The first-order valence-corrected chi connectivity index (χ1v) is 8.50. The zero-order chi connectivity index (χ0) is 19.1. The molecule has 0 radical (unpaired) electrons. The number of amidine groups is 1. The first-order chi connectivity index (χ1) is 13.2. The molecule has 0 saturated carbocycles. The Bertz CT molecular complexity index is 916. The third-order valence-corrected chi connectivity index (χ3v) is 3.86. The van der Waals surface area contributed by atoms with Crippen molar-refractivity contribution in [2.24, 2.45) is 10.9 Å². The Labute approximate surface area is 162 Å². The highest BCUT2D eigenvalue weighted by Gasteiger charge is 2.06. The van der Waals surface area contributed by atoms with Crippen LogP contribution in [-0.2, 0) is 11.4 Å². The fourth-order valence-electron chi connectivity index (χ4n) is 2.29. The highest BCUT2D eigenvalue weighted by Crippen LogP contribution is 2.23. The zero-order valence-corrected chi connectivity index (χ0v) is 15.4. The SMILES string of the molecule is COc1ccc(Cl)cc1CO/N=C(/N)c1ccc(Oc2ccccc2)nc1. The molecule has 0 atom stereocenters. The molecular formula is C20H18ClN3O3. The molecule has 138 valence electrons. The summed E-state index contributed by atoms with van der Waals surface area (Å²) in [5.74, 6) is 2.03. The second-order valence-corrected chi connectivity index (χ2v) is 5.94.